The van der Waals surface area contributed by atoms with Crippen LogP contribution in [0.2, 0.25) is 0 Å². The van der Waals surface area contributed by atoms with E-state index >= 15 is 0 Å². The molecule has 5 rings (SSSR count). The second-order valence-corrected chi connectivity index (χ2v) is 9.18. The molecular formula is C27H31N3O3. The van der Waals surface area contributed by atoms with Crippen molar-refractivity contribution in [2.45, 2.75) is 38.1 Å². The van der Waals surface area contributed by atoms with Gasteiger partial charge in [-0.25, -0.2) is 0 Å². The van der Waals surface area contributed by atoms with Gasteiger partial charge in [-0.3, -0.25) is 14.2 Å². The number of hydrogen-bond acceptors (Lipinski definition) is 4. The van der Waals surface area contributed by atoms with Crippen molar-refractivity contribution < 1.29 is 9.53 Å². The molecule has 0 saturated carbocycles. The van der Waals surface area contributed by atoms with E-state index in [9.17, 15) is 9.59 Å². The topological polar surface area (TPSA) is 63.6 Å². The lowest BCUT2D eigenvalue weighted by Gasteiger charge is -2.44. The number of rotatable bonds is 5. The Morgan fingerprint density at radius 2 is 1.85 bits per heavy atom. The quantitative estimate of drug-likeness (QED) is 0.645. The van der Waals surface area contributed by atoms with Crippen LogP contribution in [0.15, 0.2) is 59.5 Å². The summed E-state index contributed by atoms with van der Waals surface area (Å²) in [4.78, 5) is 29.3. The molecule has 2 aliphatic rings. The highest BCUT2D eigenvalue weighted by molar-refractivity contribution is 6.06. The summed E-state index contributed by atoms with van der Waals surface area (Å²) in [5, 5.41) is 4.42. The monoisotopic (exact) mass is 445 g/mol. The van der Waals surface area contributed by atoms with Crippen molar-refractivity contribution in [3.05, 3.63) is 70.6 Å². The number of carbonyl (C=O) groups excluding carboxylic acids is 1. The Morgan fingerprint density at radius 1 is 1.03 bits per heavy atom. The number of nitrogens with zero attached hydrogens (tertiary/aromatic N) is 2. The molecule has 1 aromatic heterocycles. The summed E-state index contributed by atoms with van der Waals surface area (Å²) in [6, 6.07) is 15.2. The molecule has 6 nitrogen and oxygen atoms in total. The third kappa shape index (κ3) is 4.27. The second-order valence-electron chi connectivity index (χ2n) is 9.18. The molecule has 1 amide bonds. The lowest BCUT2D eigenvalue weighted by atomic mass is 9.83. The van der Waals surface area contributed by atoms with Crippen molar-refractivity contribution in [2.24, 2.45) is 5.92 Å². The van der Waals surface area contributed by atoms with Gasteiger partial charge in [-0.05, 0) is 62.9 Å². The summed E-state index contributed by atoms with van der Waals surface area (Å²) in [6.07, 6.45) is 7.81. The molecule has 3 heterocycles. The first-order valence-electron chi connectivity index (χ1n) is 12.0. The largest absolute Gasteiger partial charge is 0.497 e. The first-order valence-corrected chi connectivity index (χ1v) is 12.0. The molecule has 172 valence electrons. The zero-order valence-corrected chi connectivity index (χ0v) is 19.1. The van der Waals surface area contributed by atoms with Crippen LogP contribution in [-0.4, -0.2) is 48.2 Å². The number of methoxy groups -OCH3 is 1. The number of benzene rings is 2. The van der Waals surface area contributed by atoms with Crippen LogP contribution in [0.1, 0.15) is 42.5 Å². The molecule has 2 saturated heterocycles. The van der Waals surface area contributed by atoms with Gasteiger partial charge in [0.1, 0.15) is 5.75 Å². The van der Waals surface area contributed by atoms with Gasteiger partial charge in [-0.15, -0.1) is 0 Å². The van der Waals surface area contributed by atoms with Gasteiger partial charge in [0.2, 0.25) is 0 Å². The number of pyridine rings is 1. The third-order valence-corrected chi connectivity index (χ3v) is 7.25. The van der Waals surface area contributed by atoms with Gasteiger partial charge in [-0.2, -0.15) is 0 Å². The lowest BCUT2D eigenvalue weighted by Crippen LogP contribution is -2.51. The fraction of sp³-hybridized carbons (Fsp3) is 0.407. The number of amides is 1. The third-order valence-electron chi connectivity index (χ3n) is 7.25. The van der Waals surface area contributed by atoms with E-state index in [-0.39, 0.29) is 11.5 Å². The molecule has 33 heavy (non-hydrogen) atoms. The van der Waals surface area contributed by atoms with Crippen molar-refractivity contribution in [3.8, 4) is 11.4 Å². The number of aromatic nitrogens is 1. The number of hydrogen-bond donors (Lipinski definition) is 1. The summed E-state index contributed by atoms with van der Waals surface area (Å²) in [5.41, 5.74) is 1.04. The number of ether oxygens (including phenoxy) is 1. The van der Waals surface area contributed by atoms with E-state index in [1.165, 1.54) is 38.8 Å². The van der Waals surface area contributed by atoms with Crippen LogP contribution in [-0.2, 0) is 0 Å². The van der Waals surface area contributed by atoms with E-state index in [2.05, 4.69) is 10.2 Å². The smallest absolute Gasteiger partial charge is 0.262 e. The Morgan fingerprint density at radius 3 is 2.70 bits per heavy atom. The molecule has 6 heteroatoms. The van der Waals surface area contributed by atoms with E-state index in [0.29, 0.717) is 46.3 Å². The molecule has 1 N–H and O–H groups in total. The molecule has 0 spiro atoms. The minimum absolute atomic E-state index is 0.129. The fourth-order valence-corrected chi connectivity index (χ4v) is 5.56. The highest BCUT2D eigenvalue weighted by atomic mass is 16.5. The lowest BCUT2D eigenvalue weighted by molar-refractivity contribution is 0.0576. The molecule has 3 aromatic rings. The zero-order valence-electron chi connectivity index (χ0n) is 19.1. The number of carbonyl (C=O) groups is 1. The van der Waals surface area contributed by atoms with Crippen molar-refractivity contribution in [1.29, 1.82) is 0 Å². The van der Waals surface area contributed by atoms with Crippen molar-refractivity contribution in [1.82, 2.24) is 14.8 Å². The van der Waals surface area contributed by atoms with Gasteiger partial charge >= 0.3 is 0 Å². The maximum Gasteiger partial charge on any atom is 0.262 e. The van der Waals surface area contributed by atoms with Crippen LogP contribution >= 0.6 is 0 Å². The van der Waals surface area contributed by atoms with Gasteiger partial charge in [0.15, 0.2) is 0 Å². The summed E-state index contributed by atoms with van der Waals surface area (Å²) in [6.45, 7) is 3.04. The zero-order chi connectivity index (χ0) is 22.8. The second kappa shape index (κ2) is 9.40. The number of fused-ring (bicyclic) bond motifs is 2. The Kier molecular flexibility index (Phi) is 6.18. The van der Waals surface area contributed by atoms with E-state index in [1.807, 2.05) is 36.4 Å². The summed E-state index contributed by atoms with van der Waals surface area (Å²) in [7, 11) is 1.60. The van der Waals surface area contributed by atoms with E-state index < -0.39 is 0 Å². The van der Waals surface area contributed by atoms with Gasteiger partial charge in [0, 0.05) is 35.6 Å². The molecule has 0 aliphatic carbocycles. The van der Waals surface area contributed by atoms with E-state index in [1.54, 1.807) is 30.0 Å². The Bertz CT molecular complexity index is 1220. The minimum Gasteiger partial charge on any atom is -0.497 e. The van der Waals surface area contributed by atoms with Crippen LogP contribution in [0.3, 0.4) is 0 Å². The average molecular weight is 446 g/mol. The predicted molar refractivity (Wildman–Crippen MR) is 130 cm³/mol. The fourth-order valence-electron chi connectivity index (χ4n) is 5.56. The van der Waals surface area contributed by atoms with E-state index in [0.717, 1.165) is 6.42 Å². The maximum atomic E-state index is 13.4. The number of nitrogens with one attached hydrogen (secondary N) is 1. The first kappa shape index (κ1) is 21.7. The normalized spacial score (nSPS) is 20.9. The minimum atomic E-state index is -0.152. The molecule has 0 radical (unpaired) electrons. The van der Waals surface area contributed by atoms with Crippen LogP contribution in [0.5, 0.6) is 5.75 Å². The molecule has 2 atom stereocenters. The summed E-state index contributed by atoms with van der Waals surface area (Å²) >= 11 is 0. The Hall–Kier alpha value is -3.12. The molecule has 0 unspecified atom stereocenters. The SMILES string of the molecule is COc1cccc(-n2cc(C(=O)NC[C@H]3CCCN4CCCC[C@H]34)c3ccccc3c2=O)c1. The van der Waals surface area contributed by atoms with E-state index in [4.69, 9.17) is 4.74 Å². The maximum absolute atomic E-state index is 13.4. The van der Waals surface area contributed by atoms with Gasteiger partial charge in [0.05, 0.1) is 18.4 Å². The van der Waals surface area contributed by atoms with Crippen LogP contribution < -0.4 is 15.6 Å². The van der Waals surface area contributed by atoms with Crippen molar-refractivity contribution in [3.63, 3.8) is 0 Å². The highest BCUT2D eigenvalue weighted by Gasteiger charge is 2.33. The highest BCUT2D eigenvalue weighted by Crippen LogP contribution is 2.30. The average Bonchev–Trinajstić information content (AvgIpc) is 2.87. The Labute approximate surface area is 194 Å². The predicted octanol–water partition coefficient (Wildman–Crippen LogP) is 3.99. The Balaban J connectivity index is 1.46. The summed E-state index contributed by atoms with van der Waals surface area (Å²) in [5.74, 6) is 1.02. The standard InChI is InChI=1S/C27H31N3O3/c1-33-21-10-6-9-20(16-21)30-18-24(22-11-2-3-12-23(22)27(30)32)26(31)28-17-19-8-7-15-29-14-5-4-13-25(19)29/h2-3,6,9-12,16,18-19,25H,4-5,7-8,13-15,17H2,1H3,(H,28,31)/t19-,25-/m1/s1. The molecule has 0 bridgehead atoms. The van der Waals surface area contributed by atoms with Crippen LogP contribution in [0.25, 0.3) is 16.5 Å². The van der Waals surface area contributed by atoms with Gasteiger partial charge < -0.3 is 15.0 Å². The molecule has 2 aromatic carbocycles. The number of piperidine rings is 2. The first-order chi connectivity index (χ1) is 16.2. The molecule has 2 aliphatic heterocycles. The molecule has 2 fully saturated rings. The van der Waals surface area contributed by atoms with Crippen LogP contribution in [0, 0.1) is 5.92 Å². The molecular weight excluding hydrogens is 414 g/mol. The van der Waals surface area contributed by atoms with Gasteiger partial charge in [-0.1, -0.05) is 30.7 Å². The summed E-state index contributed by atoms with van der Waals surface area (Å²) < 4.78 is 6.88. The van der Waals surface area contributed by atoms with Gasteiger partial charge in [0.25, 0.3) is 11.5 Å². The van der Waals surface area contributed by atoms with Crippen molar-refractivity contribution >= 4 is 16.7 Å². The van der Waals surface area contributed by atoms with Crippen molar-refractivity contribution in [2.75, 3.05) is 26.7 Å². The van der Waals surface area contributed by atoms with Crippen LogP contribution in [0.4, 0.5) is 0 Å².